The molecule has 1 aliphatic rings. The molecule has 0 aromatic carbocycles. The van der Waals surface area contributed by atoms with E-state index < -0.39 is 17.9 Å². The van der Waals surface area contributed by atoms with Gasteiger partial charge in [0.2, 0.25) is 5.91 Å². The number of carbonyl (C=O) groups is 2. The van der Waals surface area contributed by atoms with E-state index in [2.05, 4.69) is 4.98 Å². The fraction of sp³-hybridized carbons (Fsp3) is 0.533. The smallest absolute Gasteiger partial charge is 0.308 e. The largest absolute Gasteiger partial charge is 0.481 e. The molecule has 1 fully saturated rings. The van der Waals surface area contributed by atoms with Gasteiger partial charge in [0.25, 0.3) is 0 Å². The van der Waals surface area contributed by atoms with Crippen molar-refractivity contribution in [3.05, 3.63) is 30.1 Å². The molecule has 1 aliphatic heterocycles. The summed E-state index contributed by atoms with van der Waals surface area (Å²) in [5, 5.41) is 9.49. The molecule has 1 aromatic heterocycles. The van der Waals surface area contributed by atoms with Gasteiger partial charge in [-0.2, -0.15) is 0 Å². The van der Waals surface area contributed by atoms with E-state index in [0.717, 1.165) is 5.56 Å². The van der Waals surface area contributed by atoms with Crippen molar-refractivity contribution in [3.8, 4) is 0 Å². The van der Waals surface area contributed by atoms with Crippen LogP contribution in [-0.4, -0.2) is 59.0 Å². The molecule has 1 saturated heterocycles. The molecule has 2 unspecified atom stereocenters. The SMILES string of the molecule is CN(C)CCN1C(=O)CCC(C(=O)O)C1c1ccncc1. The van der Waals surface area contributed by atoms with Gasteiger partial charge in [-0.1, -0.05) is 0 Å². The molecule has 0 spiro atoms. The van der Waals surface area contributed by atoms with Gasteiger partial charge in [-0.25, -0.2) is 0 Å². The quantitative estimate of drug-likeness (QED) is 0.876. The molecule has 21 heavy (non-hydrogen) atoms. The Morgan fingerprint density at radius 1 is 1.43 bits per heavy atom. The fourth-order valence-corrected chi connectivity index (χ4v) is 2.76. The first kappa shape index (κ1) is 15.4. The van der Waals surface area contributed by atoms with Gasteiger partial charge in [0, 0.05) is 31.9 Å². The number of likely N-dealkylation sites (N-methyl/N-ethyl adjacent to an activating group) is 1. The number of carboxylic acid groups (broad SMARTS) is 1. The Morgan fingerprint density at radius 3 is 2.67 bits per heavy atom. The summed E-state index contributed by atoms with van der Waals surface area (Å²) >= 11 is 0. The lowest BCUT2D eigenvalue weighted by molar-refractivity contribution is -0.152. The minimum Gasteiger partial charge on any atom is -0.481 e. The van der Waals surface area contributed by atoms with Crippen molar-refractivity contribution in [2.75, 3.05) is 27.2 Å². The maximum Gasteiger partial charge on any atom is 0.308 e. The number of aromatic nitrogens is 1. The van der Waals surface area contributed by atoms with E-state index in [1.165, 1.54) is 0 Å². The van der Waals surface area contributed by atoms with Gasteiger partial charge >= 0.3 is 5.97 Å². The second kappa shape index (κ2) is 6.67. The Bertz CT molecular complexity index is 504. The van der Waals surface area contributed by atoms with Gasteiger partial charge in [0.05, 0.1) is 12.0 Å². The third kappa shape index (κ3) is 3.58. The highest BCUT2D eigenvalue weighted by atomic mass is 16.4. The highest BCUT2D eigenvalue weighted by molar-refractivity contribution is 5.81. The number of hydrogen-bond donors (Lipinski definition) is 1. The first-order valence-electron chi connectivity index (χ1n) is 7.07. The van der Waals surface area contributed by atoms with E-state index >= 15 is 0 Å². The number of pyridine rings is 1. The van der Waals surface area contributed by atoms with Crippen LogP contribution in [0.15, 0.2) is 24.5 Å². The van der Waals surface area contributed by atoms with Crippen molar-refractivity contribution >= 4 is 11.9 Å². The molecule has 1 N–H and O–H groups in total. The minimum atomic E-state index is -0.848. The number of piperidine rings is 1. The maximum atomic E-state index is 12.3. The summed E-state index contributed by atoms with van der Waals surface area (Å²) in [7, 11) is 3.87. The van der Waals surface area contributed by atoms with Gasteiger partial charge in [0.15, 0.2) is 0 Å². The monoisotopic (exact) mass is 291 g/mol. The van der Waals surface area contributed by atoms with Gasteiger partial charge in [-0.15, -0.1) is 0 Å². The van der Waals surface area contributed by atoms with E-state index in [9.17, 15) is 14.7 Å². The maximum absolute atomic E-state index is 12.3. The molecular formula is C15H21N3O3. The molecular weight excluding hydrogens is 270 g/mol. The third-order valence-corrected chi connectivity index (χ3v) is 3.86. The van der Waals surface area contributed by atoms with Crippen LogP contribution in [0.1, 0.15) is 24.4 Å². The lowest BCUT2D eigenvalue weighted by Gasteiger charge is -2.40. The van der Waals surface area contributed by atoms with Crippen molar-refractivity contribution in [2.24, 2.45) is 5.92 Å². The van der Waals surface area contributed by atoms with Crippen LogP contribution in [0.25, 0.3) is 0 Å². The van der Waals surface area contributed by atoms with Crippen molar-refractivity contribution in [2.45, 2.75) is 18.9 Å². The average molecular weight is 291 g/mol. The summed E-state index contributed by atoms with van der Waals surface area (Å²) in [4.78, 5) is 31.5. The second-order valence-corrected chi connectivity index (χ2v) is 5.60. The number of carbonyl (C=O) groups excluding carboxylic acids is 1. The van der Waals surface area contributed by atoms with Crippen molar-refractivity contribution in [3.63, 3.8) is 0 Å². The number of hydrogen-bond acceptors (Lipinski definition) is 4. The van der Waals surface area contributed by atoms with Crippen molar-refractivity contribution in [1.29, 1.82) is 0 Å². The van der Waals surface area contributed by atoms with E-state index in [1.807, 2.05) is 19.0 Å². The third-order valence-electron chi connectivity index (χ3n) is 3.86. The molecule has 0 saturated carbocycles. The van der Waals surface area contributed by atoms with E-state index in [1.54, 1.807) is 29.4 Å². The van der Waals surface area contributed by atoms with Crippen molar-refractivity contribution < 1.29 is 14.7 Å². The Balaban J connectivity index is 2.32. The summed E-state index contributed by atoms with van der Waals surface area (Å²) in [6.45, 7) is 1.24. The molecule has 2 heterocycles. The highest BCUT2D eigenvalue weighted by Crippen LogP contribution is 2.36. The van der Waals surface area contributed by atoms with Crippen LogP contribution >= 0.6 is 0 Å². The van der Waals surface area contributed by atoms with E-state index in [4.69, 9.17) is 0 Å². The zero-order chi connectivity index (χ0) is 15.4. The number of likely N-dealkylation sites (tertiary alicyclic amines) is 1. The molecule has 0 radical (unpaired) electrons. The first-order chi connectivity index (χ1) is 10.0. The highest BCUT2D eigenvalue weighted by Gasteiger charge is 2.40. The van der Waals surface area contributed by atoms with Gasteiger partial charge < -0.3 is 14.9 Å². The summed E-state index contributed by atoms with van der Waals surface area (Å²) in [5.41, 5.74) is 0.837. The Morgan fingerprint density at radius 2 is 2.10 bits per heavy atom. The average Bonchev–Trinajstić information content (AvgIpc) is 2.46. The Labute approximate surface area is 124 Å². The molecule has 0 aliphatic carbocycles. The lowest BCUT2D eigenvalue weighted by atomic mass is 9.84. The lowest BCUT2D eigenvalue weighted by Crippen LogP contribution is -2.47. The zero-order valence-corrected chi connectivity index (χ0v) is 12.4. The number of carboxylic acids is 1. The molecule has 2 rings (SSSR count). The van der Waals surface area contributed by atoms with Gasteiger partial charge in [-0.3, -0.25) is 14.6 Å². The minimum absolute atomic E-state index is 0.0242. The fourth-order valence-electron chi connectivity index (χ4n) is 2.76. The number of aliphatic carboxylic acids is 1. The number of amides is 1. The molecule has 2 atom stereocenters. The van der Waals surface area contributed by atoms with Crippen LogP contribution < -0.4 is 0 Å². The standard InChI is InChI=1S/C15H21N3O3/c1-17(2)9-10-18-13(19)4-3-12(15(20)21)14(18)11-5-7-16-8-6-11/h5-8,12,14H,3-4,9-10H2,1-2H3,(H,20,21). The van der Waals surface area contributed by atoms with Crippen molar-refractivity contribution in [1.82, 2.24) is 14.8 Å². The van der Waals surface area contributed by atoms with Gasteiger partial charge in [-0.05, 0) is 38.2 Å². The van der Waals surface area contributed by atoms with Crippen LogP contribution in [0.5, 0.6) is 0 Å². The predicted octanol–water partition coefficient (Wildman–Crippen LogP) is 1.01. The molecule has 0 bridgehead atoms. The Hall–Kier alpha value is -1.95. The summed E-state index contributed by atoms with van der Waals surface area (Å²) in [6.07, 6.45) is 3.96. The molecule has 6 nitrogen and oxygen atoms in total. The van der Waals surface area contributed by atoms with Crippen LogP contribution in [0, 0.1) is 5.92 Å². The Kier molecular flexibility index (Phi) is 4.90. The summed E-state index contributed by atoms with van der Waals surface area (Å²) < 4.78 is 0. The predicted molar refractivity (Wildman–Crippen MR) is 77.6 cm³/mol. The van der Waals surface area contributed by atoms with Crippen LogP contribution in [0.3, 0.4) is 0 Å². The zero-order valence-electron chi connectivity index (χ0n) is 12.4. The normalized spacial score (nSPS) is 22.6. The molecule has 1 aromatic rings. The van der Waals surface area contributed by atoms with E-state index in [-0.39, 0.29) is 5.91 Å². The summed E-state index contributed by atoms with van der Waals surface area (Å²) in [5.74, 6) is -1.39. The van der Waals surface area contributed by atoms with Crippen LogP contribution in [0.2, 0.25) is 0 Å². The number of nitrogens with zero attached hydrogens (tertiary/aromatic N) is 3. The molecule has 1 amide bonds. The molecule has 6 heteroatoms. The summed E-state index contributed by atoms with van der Waals surface area (Å²) in [6, 6.07) is 3.18. The van der Waals surface area contributed by atoms with Gasteiger partial charge in [0.1, 0.15) is 0 Å². The molecule has 114 valence electrons. The second-order valence-electron chi connectivity index (χ2n) is 5.60. The van der Waals surface area contributed by atoms with Crippen LogP contribution in [0.4, 0.5) is 0 Å². The van der Waals surface area contributed by atoms with Crippen LogP contribution in [-0.2, 0) is 9.59 Å². The topological polar surface area (TPSA) is 73.7 Å². The first-order valence-corrected chi connectivity index (χ1v) is 7.07. The number of rotatable bonds is 5. The van der Waals surface area contributed by atoms with E-state index in [0.29, 0.717) is 25.9 Å².